The van der Waals surface area contributed by atoms with E-state index in [9.17, 15) is 4.79 Å². The molecule has 0 aliphatic heterocycles. The van der Waals surface area contributed by atoms with Crippen LogP contribution in [0.1, 0.15) is 12.0 Å². The van der Waals surface area contributed by atoms with Crippen LogP contribution in [0, 0.1) is 12.8 Å². The minimum absolute atomic E-state index is 0.00644. The SMILES string of the molecule is Cc1cccc(NC(=O)N[C@@H]2C=C[C@H](CO)C2)c1. The third kappa shape index (κ3) is 3.34. The van der Waals surface area contributed by atoms with Crippen LogP contribution in [0.15, 0.2) is 36.4 Å². The first-order valence-corrected chi connectivity index (χ1v) is 6.11. The largest absolute Gasteiger partial charge is 0.396 e. The predicted octanol–water partition coefficient (Wildman–Crippen LogP) is 2.05. The molecule has 0 spiro atoms. The van der Waals surface area contributed by atoms with Crippen molar-refractivity contribution in [2.75, 3.05) is 11.9 Å². The third-order valence-corrected chi connectivity index (χ3v) is 3.00. The van der Waals surface area contributed by atoms with E-state index in [0.29, 0.717) is 0 Å². The summed E-state index contributed by atoms with van der Waals surface area (Å²) in [4.78, 5) is 11.8. The molecule has 4 nitrogen and oxygen atoms in total. The number of amides is 2. The van der Waals surface area contributed by atoms with Crippen LogP contribution in [0.4, 0.5) is 10.5 Å². The maximum Gasteiger partial charge on any atom is 0.319 e. The molecule has 2 amide bonds. The van der Waals surface area contributed by atoms with Gasteiger partial charge in [-0.15, -0.1) is 0 Å². The highest BCUT2D eigenvalue weighted by atomic mass is 16.3. The first-order valence-electron chi connectivity index (χ1n) is 6.11. The van der Waals surface area contributed by atoms with Gasteiger partial charge in [0.2, 0.25) is 0 Å². The van der Waals surface area contributed by atoms with Gasteiger partial charge in [-0.05, 0) is 31.0 Å². The number of benzene rings is 1. The molecule has 0 aromatic heterocycles. The lowest BCUT2D eigenvalue weighted by Crippen LogP contribution is -2.36. The van der Waals surface area contributed by atoms with Crippen molar-refractivity contribution in [1.29, 1.82) is 0 Å². The van der Waals surface area contributed by atoms with Crippen molar-refractivity contribution in [1.82, 2.24) is 5.32 Å². The number of nitrogens with one attached hydrogen (secondary N) is 2. The van der Waals surface area contributed by atoms with E-state index in [0.717, 1.165) is 17.7 Å². The average Bonchev–Trinajstić information content (AvgIpc) is 2.76. The zero-order chi connectivity index (χ0) is 13.0. The molecule has 2 rings (SSSR count). The molecule has 1 aliphatic carbocycles. The number of hydrogen-bond donors (Lipinski definition) is 3. The van der Waals surface area contributed by atoms with Crippen molar-refractivity contribution in [3.63, 3.8) is 0 Å². The van der Waals surface area contributed by atoms with Gasteiger partial charge in [0.15, 0.2) is 0 Å². The van der Waals surface area contributed by atoms with Crippen molar-refractivity contribution < 1.29 is 9.90 Å². The average molecular weight is 246 g/mol. The van der Waals surface area contributed by atoms with Gasteiger partial charge >= 0.3 is 6.03 Å². The van der Waals surface area contributed by atoms with Gasteiger partial charge in [-0.3, -0.25) is 0 Å². The highest BCUT2D eigenvalue weighted by Gasteiger charge is 2.19. The Balaban J connectivity index is 1.84. The molecule has 1 aromatic carbocycles. The van der Waals surface area contributed by atoms with Gasteiger partial charge < -0.3 is 15.7 Å². The Morgan fingerprint density at radius 1 is 1.44 bits per heavy atom. The highest BCUT2D eigenvalue weighted by molar-refractivity contribution is 5.89. The Morgan fingerprint density at radius 2 is 2.28 bits per heavy atom. The van der Waals surface area contributed by atoms with Gasteiger partial charge in [0, 0.05) is 24.3 Å². The highest BCUT2D eigenvalue weighted by Crippen LogP contribution is 2.17. The minimum Gasteiger partial charge on any atom is -0.396 e. The lowest BCUT2D eigenvalue weighted by molar-refractivity contribution is 0.238. The molecule has 0 bridgehead atoms. The zero-order valence-corrected chi connectivity index (χ0v) is 10.4. The van der Waals surface area contributed by atoms with Gasteiger partial charge in [0.05, 0.1) is 0 Å². The molecular formula is C14H18N2O2. The monoisotopic (exact) mass is 246 g/mol. The number of aliphatic hydroxyl groups excluding tert-OH is 1. The van der Waals surface area contributed by atoms with Crippen LogP contribution in [0.2, 0.25) is 0 Å². The Morgan fingerprint density at radius 3 is 2.94 bits per heavy atom. The fourth-order valence-corrected chi connectivity index (χ4v) is 2.08. The number of aliphatic hydroxyl groups is 1. The van der Waals surface area contributed by atoms with Gasteiger partial charge in [-0.25, -0.2) is 4.79 Å². The fourth-order valence-electron chi connectivity index (χ4n) is 2.08. The number of anilines is 1. The molecule has 0 fully saturated rings. The number of carbonyl (C=O) groups is 1. The summed E-state index contributed by atoms with van der Waals surface area (Å²) in [5.41, 5.74) is 1.89. The number of aryl methyl sites for hydroxylation is 1. The van der Waals surface area contributed by atoms with E-state index in [1.54, 1.807) is 0 Å². The first kappa shape index (κ1) is 12.6. The Bertz CT molecular complexity index is 457. The third-order valence-electron chi connectivity index (χ3n) is 3.00. The second-order valence-corrected chi connectivity index (χ2v) is 4.64. The van der Waals surface area contributed by atoms with E-state index in [4.69, 9.17) is 5.11 Å². The molecule has 96 valence electrons. The lowest BCUT2D eigenvalue weighted by atomic mass is 10.1. The topological polar surface area (TPSA) is 61.4 Å². The number of carbonyl (C=O) groups excluding carboxylic acids is 1. The molecule has 1 aromatic rings. The van der Waals surface area contributed by atoms with Crippen molar-refractivity contribution in [2.24, 2.45) is 5.92 Å². The number of urea groups is 1. The molecular weight excluding hydrogens is 228 g/mol. The van der Waals surface area contributed by atoms with Gasteiger partial charge in [0.1, 0.15) is 0 Å². The quantitative estimate of drug-likeness (QED) is 0.715. The van der Waals surface area contributed by atoms with Crippen molar-refractivity contribution >= 4 is 11.7 Å². The second kappa shape index (κ2) is 5.69. The Kier molecular flexibility index (Phi) is 3.99. The van der Waals surface area contributed by atoms with Crippen LogP contribution in [-0.2, 0) is 0 Å². The minimum atomic E-state index is -0.214. The van der Waals surface area contributed by atoms with Crippen LogP contribution >= 0.6 is 0 Å². The van der Waals surface area contributed by atoms with Crippen molar-refractivity contribution in [3.05, 3.63) is 42.0 Å². The standard InChI is InChI=1S/C14H18N2O2/c1-10-3-2-4-12(7-10)15-14(18)16-13-6-5-11(8-13)9-17/h2-7,11,13,17H,8-9H2,1H3,(H2,15,16,18)/t11-,13+/m0/s1. The molecule has 4 heteroatoms. The zero-order valence-electron chi connectivity index (χ0n) is 10.4. The van der Waals surface area contributed by atoms with Gasteiger partial charge in [0.25, 0.3) is 0 Å². The van der Waals surface area contributed by atoms with E-state index < -0.39 is 0 Å². The predicted molar refractivity (Wildman–Crippen MR) is 71.5 cm³/mol. The Hall–Kier alpha value is -1.81. The summed E-state index contributed by atoms with van der Waals surface area (Å²) in [7, 11) is 0. The summed E-state index contributed by atoms with van der Waals surface area (Å²) < 4.78 is 0. The molecule has 0 saturated heterocycles. The van der Waals surface area contributed by atoms with Crippen LogP contribution in [0.3, 0.4) is 0 Å². The molecule has 0 unspecified atom stereocenters. The maximum atomic E-state index is 11.8. The smallest absolute Gasteiger partial charge is 0.319 e. The molecule has 1 aliphatic rings. The fraction of sp³-hybridized carbons (Fsp3) is 0.357. The summed E-state index contributed by atoms with van der Waals surface area (Å²) in [6, 6.07) is 7.45. The lowest BCUT2D eigenvalue weighted by Gasteiger charge is -2.13. The molecule has 3 N–H and O–H groups in total. The molecule has 0 saturated carbocycles. The van der Waals surface area contributed by atoms with Gasteiger partial charge in [-0.2, -0.15) is 0 Å². The van der Waals surface area contributed by atoms with E-state index in [1.807, 2.05) is 43.3 Å². The van der Waals surface area contributed by atoms with Gasteiger partial charge in [-0.1, -0.05) is 24.3 Å². The first-order chi connectivity index (χ1) is 8.67. The van der Waals surface area contributed by atoms with Crippen molar-refractivity contribution in [3.8, 4) is 0 Å². The normalized spacial score (nSPS) is 21.9. The second-order valence-electron chi connectivity index (χ2n) is 4.64. The summed E-state index contributed by atoms with van der Waals surface area (Å²) in [5.74, 6) is 0.161. The van der Waals surface area contributed by atoms with Crippen molar-refractivity contribution in [2.45, 2.75) is 19.4 Å². The number of rotatable bonds is 3. The molecule has 0 radical (unpaired) electrons. The van der Waals surface area contributed by atoms with Crippen LogP contribution in [0.25, 0.3) is 0 Å². The van der Waals surface area contributed by atoms with E-state index in [-0.39, 0.29) is 24.6 Å². The van der Waals surface area contributed by atoms with Crippen LogP contribution < -0.4 is 10.6 Å². The summed E-state index contributed by atoms with van der Waals surface area (Å²) in [5, 5.41) is 14.7. The summed E-state index contributed by atoms with van der Waals surface area (Å²) in [6.45, 7) is 2.11. The summed E-state index contributed by atoms with van der Waals surface area (Å²) in [6.07, 6.45) is 4.63. The van der Waals surface area contributed by atoms with E-state index in [1.165, 1.54) is 0 Å². The Labute approximate surface area is 107 Å². The maximum absolute atomic E-state index is 11.8. The molecule has 18 heavy (non-hydrogen) atoms. The molecule has 2 atom stereocenters. The van der Waals surface area contributed by atoms with E-state index in [2.05, 4.69) is 10.6 Å². The van der Waals surface area contributed by atoms with Crippen LogP contribution in [0.5, 0.6) is 0 Å². The summed E-state index contributed by atoms with van der Waals surface area (Å²) >= 11 is 0. The number of hydrogen-bond acceptors (Lipinski definition) is 2. The molecule has 0 heterocycles. The van der Waals surface area contributed by atoms with E-state index >= 15 is 0 Å². The van der Waals surface area contributed by atoms with Crippen LogP contribution in [-0.4, -0.2) is 23.8 Å².